The molecule has 0 aliphatic carbocycles. The number of guanidine groups is 1. The lowest BCUT2D eigenvalue weighted by Gasteiger charge is -2.12. The summed E-state index contributed by atoms with van der Waals surface area (Å²) in [4.78, 5) is 8.41. The van der Waals surface area contributed by atoms with E-state index < -0.39 is 0 Å². The van der Waals surface area contributed by atoms with Crippen LogP contribution >= 0.6 is 24.0 Å². The molecule has 0 unspecified atom stereocenters. The standard InChI is InChI=1S/C21H29FN4O2.HI/c1-3-4-13-27-14-5-11-25-21(23-2)26-16-17-10-12-24-20(15-17)28-19-8-6-18(22)7-9-19;/h6-10,12,15H,3-5,11,13-14,16H2,1-2H3,(H2,23,25,26);1H. The Hall–Kier alpha value is -1.94. The van der Waals surface area contributed by atoms with Crippen LogP contribution in [0.3, 0.4) is 0 Å². The third-order valence-electron chi connectivity index (χ3n) is 3.92. The minimum Gasteiger partial charge on any atom is -0.439 e. The number of pyridine rings is 1. The summed E-state index contributed by atoms with van der Waals surface area (Å²) < 4.78 is 24.2. The molecule has 8 heteroatoms. The third kappa shape index (κ3) is 10.4. The van der Waals surface area contributed by atoms with E-state index in [0.29, 0.717) is 18.2 Å². The molecule has 0 fully saturated rings. The van der Waals surface area contributed by atoms with Crippen molar-refractivity contribution in [2.24, 2.45) is 4.99 Å². The van der Waals surface area contributed by atoms with E-state index in [1.807, 2.05) is 12.1 Å². The van der Waals surface area contributed by atoms with Crippen LogP contribution < -0.4 is 15.4 Å². The van der Waals surface area contributed by atoms with Gasteiger partial charge in [-0.25, -0.2) is 9.37 Å². The second kappa shape index (κ2) is 15.0. The summed E-state index contributed by atoms with van der Waals surface area (Å²) in [6.07, 6.45) is 4.87. The molecule has 1 heterocycles. The Morgan fingerprint density at radius 3 is 2.59 bits per heavy atom. The molecule has 0 aliphatic heterocycles. The van der Waals surface area contributed by atoms with Gasteiger partial charge in [0, 0.05) is 45.6 Å². The molecule has 0 atom stereocenters. The number of rotatable bonds is 11. The molecule has 0 saturated heterocycles. The van der Waals surface area contributed by atoms with Crippen molar-refractivity contribution in [2.75, 3.05) is 26.8 Å². The quantitative estimate of drug-likeness (QED) is 0.199. The molecule has 2 aromatic rings. The van der Waals surface area contributed by atoms with Gasteiger partial charge in [0.1, 0.15) is 11.6 Å². The molecule has 29 heavy (non-hydrogen) atoms. The van der Waals surface area contributed by atoms with Gasteiger partial charge in [-0.15, -0.1) is 24.0 Å². The van der Waals surface area contributed by atoms with Gasteiger partial charge in [-0.2, -0.15) is 0 Å². The van der Waals surface area contributed by atoms with Crippen molar-refractivity contribution in [2.45, 2.75) is 32.7 Å². The molecule has 1 aromatic carbocycles. The number of hydrogen-bond acceptors (Lipinski definition) is 4. The summed E-state index contributed by atoms with van der Waals surface area (Å²) in [6.45, 7) is 5.10. The number of hydrogen-bond donors (Lipinski definition) is 2. The van der Waals surface area contributed by atoms with Crippen LogP contribution in [0.1, 0.15) is 31.7 Å². The second-order valence-corrected chi connectivity index (χ2v) is 6.23. The Bertz CT molecular complexity index is 729. The summed E-state index contributed by atoms with van der Waals surface area (Å²) in [7, 11) is 1.74. The van der Waals surface area contributed by atoms with Crippen molar-refractivity contribution in [3.8, 4) is 11.6 Å². The van der Waals surface area contributed by atoms with Gasteiger partial charge in [0.25, 0.3) is 0 Å². The van der Waals surface area contributed by atoms with Gasteiger partial charge in [0.15, 0.2) is 5.96 Å². The maximum atomic E-state index is 13.0. The van der Waals surface area contributed by atoms with Gasteiger partial charge < -0.3 is 20.1 Å². The molecule has 6 nitrogen and oxygen atoms in total. The summed E-state index contributed by atoms with van der Waals surface area (Å²) in [5.41, 5.74) is 0.998. The SMILES string of the molecule is CCCCOCCCNC(=NC)NCc1ccnc(Oc2ccc(F)cc2)c1.I. The maximum absolute atomic E-state index is 13.0. The fraction of sp³-hybridized carbons (Fsp3) is 0.429. The molecule has 2 N–H and O–H groups in total. The van der Waals surface area contributed by atoms with Crippen molar-refractivity contribution in [3.05, 3.63) is 54.0 Å². The zero-order valence-electron chi connectivity index (χ0n) is 17.0. The molecule has 0 bridgehead atoms. The maximum Gasteiger partial charge on any atom is 0.219 e. The topological polar surface area (TPSA) is 67.8 Å². The smallest absolute Gasteiger partial charge is 0.219 e. The van der Waals surface area contributed by atoms with Crippen LogP contribution in [0.15, 0.2) is 47.6 Å². The predicted octanol–water partition coefficient (Wildman–Crippen LogP) is 4.50. The van der Waals surface area contributed by atoms with Crippen molar-refractivity contribution >= 4 is 29.9 Å². The molecular formula is C21H30FIN4O2. The van der Waals surface area contributed by atoms with Crippen molar-refractivity contribution < 1.29 is 13.9 Å². The van der Waals surface area contributed by atoms with Gasteiger partial charge in [-0.3, -0.25) is 4.99 Å². The number of benzene rings is 1. The molecular weight excluding hydrogens is 486 g/mol. The summed E-state index contributed by atoms with van der Waals surface area (Å²) in [5, 5.41) is 6.53. The van der Waals surface area contributed by atoms with Crippen LogP contribution in [0, 0.1) is 5.82 Å². The van der Waals surface area contributed by atoms with E-state index in [1.165, 1.54) is 12.1 Å². The van der Waals surface area contributed by atoms with E-state index in [4.69, 9.17) is 9.47 Å². The Kier molecular flexibility index (Phi) is 13.0. The lowest BCUT2D eigenvalue weighted by atomic mass is 10.2. The lowest BCUT2D eigenvalue weighted by Crippen LogP contribution is -2.37. The highest BCUT2D eigenvalue weighted by atomic mass is 127. The summed E-state index contributed by atoms with van der Waals surface area (Å²) in [6, 6.07) is 9.58. The van der Waals surface area contributed by atoms with Crippen molar-refractivity contribution in [3.63, 3.8) is 0 Å². The highest BCUT2D eigenvalue weighted by Crippen LogP contribution is 2.20. The number of ether oxygens (including phenoxy) is 2. The number of aliphatic imine (C=N–C) groups is 1. The van der Waals surface area contributed by atoms with Crippen LogP contribution in [0.5, 0.6) is 11.6 Å². The average molecular weight is 516 g/mol. The molecule has 2 rings (SSSR count). The van der Waals surface area contributed by atoms with Crippen molar-refractivity contribution in [1.29, 1.82) is 0 Å². The van der Waals surface area contributed by atoms with Crippen LogP contribution in [0.4, 0.5) is 4.39 Å². The van der Waals surface area contributed by atoms with Gasteiger partial charge >= 0.3 is 0 Å². The fourth-order valence-electron chi connectivity index (χ4n) is 2.38. The van der Waals surface area contributed by atoms with Crippen LogP contribution in [-0.4, -0.2) is 37.7 Å². The largest absolute Gasteiger partial charge is 0.439 e. The second-order valence-electron chi connectivity index (χ2n) is 6.23. The first-order chi connectivity index (χ1) is 13.7. The highest BCUT2D eigenvalue weighted by molar-refractivity contribution is 14.0. The van der Waals surface area contributed by atoms with E-state index in [2.05, 4.69) is 27.5 Å². The van der Waals surface area contributed by atoms with E-state index >= 15 is 0 Å². The third-order valence-corrected chi connectivity index (χ3v) is 3.92. The van der Waals surface area contributed by atoms with E-state index in [0.717, 1.165) is 50.5 Å². The first-order valence-corrected chi connectivity index (χ1v) is 9.62. The average Bonchev–Trinajstić information content (AvgIpc) is 2.71. The van der Waals surface area contributed by atoms with E-state index in [9.17, 15) is 4.39 Å². The van der Waals surface area contributed by atoms with Crippen LogP contribution in [-0.2, 0) is 11.3 Å². The molecule has 0 saturated carbocycles. The first-order valence-electron chi connectivity index (χ1n) is 9.62. The predicted molar refractivity (Wildman–Crippen MR) is 125 cm³/mol. The van der Waals surface area contributed by atoms with Gasteiger partial charge in [0.05, 0.1) is 0 Å². The van der Waals surface area contributed by atoms with E-state index in [1.54, 1.807) is 25.4 Å². The number of aromatic nitrogens is 1. The zero-order chi connectivity index (χ0) is 20.0. The monoisotopic (exact) mass is 516 g/mol. The van der Waals surface area contributed by atoms with Crippen LogP contribution in [0.2, 0.25) is 0 Å². The van der Waals surface area contributed by atoms with E-state index in [-0.39, 0.29) is 29.8 Å². The normalized spacial score (nSPS) is 10.9. The molecule has 0 spiro atoms. The summed E-state index contributed by atoms with van der Waals surface area (Å²) in [5.74, 6) is 1.42. The molecule has 0 aliphatic rings. The molecule has 1 aromatic heterocycles. The minimum absolute atomic E-state index is 0. The fourth-order valence-corrected chi connectivity index (χ4v) is 2.38. The molecule has 0 radical (unpaired) electrons. The number of unbranched alkanes of at least 4 members (excludes halogenated alkanes) is 1. The summed E-state index contributed by atoms with van der Waals surface area (Å²) >= 11 is 0. The highest BCUT2D eigenvalue weighted by Gasteiger charge is 2.03. The molecule has 0 amide bonds. The minimum atomic E-state index is -0.301. The first kappa shape index (κ1) is 25.1. The Labute approximate surface area is 189 Å². The Morgan fingerprint density at radius 1 is 1.10 bits per heavy atom. The van der Waals surface area contributed by atoms with Crippen molar-refractivity contribution in [1.82, 2.24) is 15.6 Å². The Morgan fingerprint density at radius 2 is 1.86 bits per heavy atom. The number of halogens is 2. The van der Waals surface area contributed by atoms with Gasteiger partial charge in [-0.1, -0.05) is 13.3 Å². The van der Waals surface area contributed by atoms with Crippen LogP contribution in [0.25, 0.3) is 0 Å². The van der Waals surface area contributed by atoms with Gasteiger partial charge in [0.2, 0.25) is 5.88 Å². The zero-order valence-corrected chi connectivity index (χ0v) is 19.3. The van der Waals surface area contributed by atoms with Gasteiger partial charge in [-0.05, 0) is 48.7 Å². The number of nitrogens with one attached hydrogen (secondary N) is 2. The molecule has 160 valence electrons. The Balaban J connectivity index is 0.00000420. The number of nitrogens with zero attached hydrogens (tertiary/aromatic N) is 2. The lowest BCUT2D eigenvalue weighted by molar-refractivity contribution is 0.129.